The summed E-state index contributed by atoms with van der Waals surface area (Å²) >= 11 is 6.71. The van der Waals surface area contributed by atoms with E-state index >= 15 is 0 Å². The third kappa shape index (κ3) is 4.43. The number of carbonyl (C=O) groups excluding carboxylic acids is 2. The van der Waals surface area contributed by atoms with Gasteiger partial charge in [0.1, 0.15) is 24.1 Å². The Morgan fingerprint density at radius 3 is 2.53 bits per heavy atom. The Labute approximate surface area is 213 Å². The van der Waals surface area contributed by atoms with Crippen LogP contribution < -0.4 is 9.64 Å². The van der Waals surface area contributed by atoms with Gasteiger partial charge in [-0.3, -0.25) is 14.6 Å². The van der Waals surface area contributed by atoms with Crippen molar-refractivity contribution in [3.63, 3.8) is 0 Å². The van der Waals surface area contributed by atoms with E-state index in [4.69, 9.17) is 16.3 Å². The minimum Gasteiger partial charge on any atom is -0.489 e. The largest absolute Gasteiger partial charge is 0.489 e. The zero-order valence-electron chi connectivity index (χ0n) is 20.3. The van der Waals surface area contributed by atoms with Crippen molar-refractivity contribution < 1.29 is 23.1 Å². The van der Waals surface area contributed by atoms with E-state index in [0.29, 0.717) is 36.6 Å². The lowest BCUT2D eigenvalue weighted by atomic mass is 9.96. The second-order valence-corrected chi connectivity index (χ2v) is 9.23. The fourth-order valence-corrected chi connectivity index (χ4v) is 5.17. The van der Waals surface area contributed by atoms with E-state index in [-0.39, 0.29) is 53.0 Å². The first-order chi connectivity index (χ1) is 17.2. The van der Waals surface area contributed by atoms with Crippen LogP contribution in [-0.4, -0.2) is 73.3 Å². The Hall–Kier alpha value is -3.46. The van der Waals surface area contributed by atoms with Crippen molar-refractivity contribution in [3.8, 4) is 16.9 Å². The second kappa shape index (κ2) is 10.3. The van der Waals surface area contributed by atoms with Crippen molar-refractivity contribution in [1.82, 2.24) is 9.80 Å². The molecule has 2 atom stereocenters. The van der Waals surface area contributed by atoms with Gasteiger partial charge in [0.15, 0.2) is 5.75 Å². The molecule has 7 nitrogen and oxygen atoms in total. The lowest BCUT2D eigenvalue weighted by Crippen LogP contribution is -2.59. The summed E-state index contributed by atoms with van der Waals surface area (Å²) in [6.45, 7) is 8.90. The minimum absolute atomic E-state index is 0.0606. The van der Waals surface area contributed by atoms with Gasteiger partial charge in [0.25, 0.3) is 0 Å². The fraction of sp³-hybridized carbons (Fsp3) is 0.346. The summed E-state index contributed by atoms with van der Waals surface area (Å²) in [5, 5.41) is 0.171. The lowest BCUT2D eigenvalue weighted by Gasteiger charge is -2.45. The molecule has 190 valence electrons. The molecule has 0 N–H and O–H groups in total. The number of carbonyl (C=O) groups is 2. The van der Waals surface area contributed by atoms with Gasteiger partial charge in [-0.25, -0.2) is 8.78 Å². The van der Waals surface area contributed by atoms with E-state index in [1.54, 1.807) is 18.0 Å². The molecule has 1 saturated heterocycles. The highest BCUT2D eigenvalue weighted by Gasteiger charge is 2.36. The van der Waals surface area contributed by atoms with Crippen molar-refractivity contribution >= 4 is 35.4 Å². The first kappa shape index (κ1) is 25.6. The zero-order valence-corrected chi connectivity index (χ0v) is 21.1. The molecule has 2 aliphatic heterocycles. The third-order valence-electron chi connectivity index (χ3n) is 6.57. The van der Waals surface area contributed by atoms with Gasteiger partial charge in [0, 0.05) is 55.0 Å². The summed E-state index contributed by atoms with van der Waals surface area (Å²) < 4.78 is 34.4. The van der Waals surface area contributed by atoms with Crippen LogP contribution in [0.4, 0.5) is 14.5 Å². The van der Waals surface area contributed by atoms with E-state index in [2.05, 4.69) is 16.5 Å². The molecule has 2 aromatic rings. The Bertz CT molecular complexity index is 1250. The molecule has 1 fully saturated rings. The number of amidine groups is 1. The maximum absolute atomic E-state index is 14.8. The Balaban J connectivity index is 1.87. The average molecular weight is 517 g/mol. The number of nitrogens with zero attached hydrogens (tertiary/aromatic N) is 4. The van der Waals surface area contributed by atoms with E-state index in [1.165, 1.54) is 17.0 Å². The quantitative estimate of drug-likeness (QED) is 0.265. The summed E-state index contributed by atoms with van der Waals surface area (Å²) in [6, 6.07) is 4.61. The maximum Gasteiger partial charge on any atom is 0.246 e. The van der Waals surface area contributed by atoms with Gasteiger partial charge in [-0.05, 0) is 38.1 Å². The Morgan fingerprint density at radius 1 is 1.19 bits per heavy atom. The van der Waals surface area contributed by atoms with Gasteiger partial charge in [-0.1, -0.05) is 18.2 Å². The van der Waals surface area contributed by atoms with Gasteiger partial charge in [0.2, 0.25) is 12.3 Å². The van der Waals surface area contributed by atoms with Gasteiger partial charge in [0.05, 0.1) is 17.3 Å². The summed E-state index contributed by atoms with van der Waals surface area (Å²) in [4.78, 5) is 34.2. The highest BCUT2D eigenvalue weighted by Crippen LogP contribution is 2.48. The van der Waals surface area contributed by atoms with Gasteiger partial charge >= 0.3 is 0 Å². The molecule has 2 heterocycles. The molecule has 4 rings (SSSR count). The van der Waals surface area contributed by atoms with Gasteiger partial charge < -0.3 is 19.4 Å². The standard InChI is InChI=1S/C26H27ClF2N4O3/c1-5-22(35)32-12-16(3)33(13-15(32)2)26(30-4)19-11-20(27)23(18-7-6-17(28)10-21(18)29)25-24(19)31(14-34)8-9-36-25/h5-7,10-11,14-16H,1,8-9,12-13H2,2-4H3/t15-,16?/m1/s1. The lowest BCUT2D eigenvalue weighted by molar-refractivity contribution is -0.130. The van der Waals surface area contributed by atoms with Gasteiger partial charge in [-0.15, -0.1) is 0 Å². The molecule has 0 aromatic heterocycles. The molecule has 0 aliphatic carbocycles. The number of fused-ring (bicyclic) bond motifs is 1. The highest BCUT2D eigenvalue weighted by molar-refractivity contribution is 6.35. The van der Waals surface area contributed by atoms with E-state index in [1.807, 2.05) is 13.8 Å². The molecule has 10 heteroatoms. The Morgan fingerprint density at radius 2 is 1.89 bits per heavy atom. The number of ether oxygens (including phenoxy) is 1. The molecular formula is C26H27ClF2N4O3. The van der Waals surface area contributed by atoms with Crippen molar-refractivity contribution in [1.29, 1.82) is 0 Å². The number of hydrogen-bond donors (Lipinski definition) is 0. The van der Waals surface area contributed by atoms with Crippen LogP contribution in [0.2, 0.25) is 5.02 Å². The number of aliphatic imine (C=N–C) groups is 1. The average Bonchev–Trinajstić information content (AvgIpc) is 2.86. The molecule has 2 aromatic carbocycles. The number of anilines is 1. The SMILES string of the molecule is C=CC(=O)N1CC(C)N(C(=NC)c2cc(Cl)c(-c3ccc(F)cc3F)c3c2N(C=O)CCO3)C[C@H]1C. The van der Waals surface area contributed by atoms with Crippen molar-refractivity contribution in [2.75, 3.05) is 38.2 Å². The molecule has 1 unspecified atom stereocenters. The van der Waals surface area contributed by atoms with E-state index in [0.717, 1.165) is 12.1 Å². The Kier molecular flexibility index (Phi) is 7.31. The molecule has 2 aliphatic rings. The molecule has 2 amide bonds. The summed E-state index contributed by atoms with van der Waals surface area (Å²) in [5.74, 6) is -0.875. The number of piperazine rings is 1. The molecule has 36 heavy (non-hydrogen) atoms. The topological polar surface area (TPSA) is 65.5 Å². The number of benzene rings is 2. The first-order valence-corrected chi connectivity index (χ1v) is 11.9. The van der Waals surface area contributed by atoms with Gasteiger partial charge in [-0.2, -0.15) is 0 Å². The van der Waals surface area contributed by atoms with Crippen LogP contribution >= 0.6 is 11.6 Å². The van der Waals surface area contributed by atoms with Crippen LogP contribution in [0.1, 0.15) is 19.4 Å². The zero-order chi connectivity index (χ0) is 26.1. The summed E-state index contributed by atoms with van der Waals surface area (Å²) in [6.07, 6.45) is 1.99. The second-order valence-electron chi connectivity index (χ2n) is 8.82. The predicted octanol–water partition coefficient (Wildman–Crippen LogP) is 4.12. The van der Waals surface area contributed by atoms with Crippen LogP contribution in [0.3, 0.4) is 0 Å². The van der Waals surface area contributed by atoms with Crippen LogP contribution in [0.5, 0.6) is 5.75 Å². The molecule has 0 spiro atoms. The van der Waals surface area contributed by atoms with Crippen molar-refractivity contribution in [2.45, 2.75) is 25.9 Å². The third-order valence-corrected chi connectivity index (χ3v) is 6.87. The van der Waals surface area contributed by atoms with Crippen LogP contribution in [0.25, 0.3) is 11.1 Å². The van der Waals surface area contributed by atoms with Crippen molar-refractivity contribution in [2.24, 2.45) is 4.99 Å². The molecule has 0 saturated carbocycles. The number of rotatable bonds is 4. The van der Waals surface area contributed by atoms with Crippen LogP contribution in [0.15, 0.2) is 41.9 Å². The number of halogens is 3. The summed E-state index contributed by atoms with van der Waals surface area (Å²) in [5.41, 5.74) is 1.24. The first-order valence-electron chi connectivity index (χ1n) is 11.5. The highest BCUT2D eigenvalue weighted by atomic mass is 35.5. The number of hydrogen-bond acceptors (Lipinski definition) is 4. The minimum atomic E-state index is -0.798. The monoisotopic (exact) mass is 516 g/mol. The van der Waals surface area contributed by atoms with Crippen LogP contribution in [-0.2, 0) is 9.59 Å². The molecule has 0 bridgehead atoms. The van der Waals surface area contributed by atoms with E-state index < -0.39 is 11.6 Å². The van der Waals surface area contributed by atoms with E-state index in [9.17, 15) is 18.4 Å². The van der Waals surface area contributed by atoms with Crippen molar-refractivity contribution in [3.05, 3.63) is 59.1 Å². The molecular weight excluding hydrogens is 490 g/mol. The normalized spacial score (nSPS) is 20.1. The number of amides is 2. The maximum atomic E-state index is 14.8. The summed E-state index contributed by atoms with van der Waals surface area (Å²) in [7, 11) is 1.64. The fourth-order valence-electron chi connectivity index (χ4n) is 4.87. The molecule has 0 radical (unpaired) electrons. The van der Waals surface area contributed by atoms with Crippen LogP contribution in [0, 0.1) is 11.6 Å². The smallest absolute Gasteiger partial charge is 0.246 e. The predicted molar refractivity (Wildman–Crippen MR) is 136 cm³/mol.